The number of nitrogens with one attached hydrogen (secondary N) is 1. The molecule has 0 bridgehead atoms. The second-order valence-corrected chi connectivity index (χ2v) is 9.54. The third-order valence-corrected chi connectivity index (χ3v) is 6.70. The van der Waals surface area contributed by atoms with Crippen LogP contribution in [-0.2, 0) is 16.6 Å². The van der Waals surface area contributed by atoms with E-state index in [-0.39, 0.29) is 41.0 Å². The highest BCUT2D eigenvalue weighted by atomic mass is 16.4. The summed E-state index contributed by atoms with van der Waals surface area (Å²) in [5, 5.41) is 28.6. The van der Waals surface area contributed by atoms with Crippen molar-refractivity contribution in [2.24, 2.45) is 10.1 Å². The zero-order valence-electron chi connectivity index (χ0n) is 20.2. The third kappa shape index (κ3) is 4.02. The van der Waals surface area contributed by atoms with E-state index in [0.29, 0.717) is 17.0 Å². The van der Waals surface area contributed by atoms with E-state index in [4.69, 9.17) is 9.52 Å². The Labute approximate surface area is 207 Å². The molecule has 0 atom stereocenters. The molecule has 3 aromatic rings. The van der Waals surface area contributed by atoms with E-state index in [1.54, 1.807) is 25.1 Å². The number of carboxylic acids is 1. The van der Waals surface area contributed by atoms with Crippen molar-refractivity contribution in [3.05, 3.63) is 65.4 Å². The van der Waals surface area contributed by atoms with Crippen molar-refractivity contribution in [1.82, 2.24) is 0 Å². The number of carbonyl (C=O) groups is 2. The minimum absolute atomic E-state index is 0.0224. The zero-order valence-corrected chi connectivity index (χ0v) is 20.2. The molecule has 0 saturated heterocycles. The van der Waals surface area contributed by atoms with Crippen molar-refractivity contribution in [1.29, 1.82) is 0 Å². The number of furan rings is 1. The summed E-state index contributed by atoms with van der Waals surface area (Å²) in [6.45, 7) is 6.18. The quantitative estimate of drug-likeness (QED) is 0.429. The van der Waals surface area contributed by atoms with E-state index in [1.165, 1.54) is 28.3 Å². The number of aromatic carboxylic acids is 1. The molecule has 36 heavy (non-hydrogen) atoms. The first-order chi connectivity index (χ1) is 17.2. The molecule has 0 unspecified atom stereocenters. The van der Waals surface area contributed by atoms with Crippen molar-refractivity contribution in [3.63, 3.8) is 0 Å². The number of para-hydroxylation sites is 1. The lowest BCUT2D eigenvalue weighted by atomic mass is 9.86. The minimum Gasteiger partial charge on any atom is -0.505 e. The molecule has 0 fully saturated rings. The third-order valence-electron chi connectivity index (χ3n) is 6.70. The van der Waals surface area contributed by atoms with Gasteiger partial charge in [0.05, 0.1) is 22.6 Å². The molecular formula is C27H26N4O5. The molecule has 1 aromatic heterocycles. The van der Waals surface area contributed by atoms with Gasteiger partial charge in [0.15, 0.2) is 0 Å². The summed E-state index contributed by atoms with van der Waals surface area (Å²) in [5.74, 6) is -1.61. The Morgan fingerprint density at radius 1 is 1.22 bits per heavy atom. The number of hydrogen-bond acceptors (Lipinski definition) is 7. The van der Waals surface area contributed by atoms with Crippen LogP contribution in [0.1, 0.15) is 48.9 Å². The lowest BCUT2D eigenvalue weighted by Gasteiger charge is -2.21. The molecule has 0 radical (unpaired) electrons. The number of phenolic OH excluding ortho intramolecular Hbond substituents is 1. The predicted octanol–water partition coefficient (Wildman–Crippen LogP) is 4.81. The number of carboxylic acid groups (broad SMARTS) is 1. The van der Waals surface area contributed by atoms with Gasteiger partial charge in [-0.3, -0.25) is 9.79 Å². The number of hydrazone groups is 1. The normalized spacial score (nSPS) is 17.4. The lowest BCUT2D eigenvalue weighted by Crippen LogP contribution is -2.28. The highest BCUT2D eigenvalue weighted by Gasteiger charge is 2.34. The molecule has 0 spiro atoms. The summed E-state index contributed by atoms with van der Waals surface area (Å²) in [6, 6.07) is 13.8. The maximum Gasteiger partial charge on any atom is 0.371 e. The molecule has 184 valence electrons. The summed E-state index contributed by atoms with van der Waals surface area (Å²) in [5.41, 5.74) is 4.79. The molecular weight excluding hydrogens is 460 g/mol. The van der Waals surface area contributed by atoms with Gasteiger partial charge in [0, 0.05) is 0 Å². The molecule has 3 N–H and O–H groups in total. The second-order valence-electron chi connectivity index (χ2n) is 9.54. The number of nitrogens with zero attached hydrogens (tertiary/aromatic N) is 3. The van der Waals surface area contributed by atoms with Crippen molar-refractivity contribution in [3.8, 4) is 17.1 Å². The predicted molar refractivity (Wildman–Crippen MR) is 137 cm³/mol. The molecule has 2 aromatic carbocycles. The standard InChI is InChI=1S/C27H26N4O5/c1-15-23(25(33)31(30-15)17-8-7-16-11-12-27(2,3)19(16)13-17)29-14-28-20-6-4-5-18(24(20)32)21-9-10-22(36-21)26(34)35/h4-10,13,28,32H,11-12,14H2,1-3H3,(H,34,35). The molecule has 9 heteroatoms. The Morgan fingerprint density at radius 2 is 2.03 bits per heavy atom. The van der Waals surface area contributed by atoms with Gasteiger partial charge >= 0.3 is 5.97 Å². The van der Waals surface area contributed by atoms with Crippen molar-refractivity contribution >= 4 is 34.7 Å². The number of amides is 1. The van der Waals surface area contributed by atoms with Crippen LogP contribution < -0.4 is 10.3 Å². The van der Waals surface area contributed by atoms with Crippen LogP contribution in [0.3, 0.4) is 0 Å². The molecule has 1 amide bonds. The summed E-state index contributed by atoms with van der Waals surface area (Å²) in [4.78, 5) is 28.6. The van der Waals surface area contributed by atoms with Crippen LogP contribution in [0.15, 0.2) is 63.0 Å². The largest absolute Gasteiger partial charge is 0.505 e. The molecule has 1 aliphatic heterocycles. The Bertz CT molecular complexity index is 1450. The molecule has 1 aliphatic carbocycles. The first-order valence-electron chi connectivity index (χ1n) is 11.6. The molecule has 9 nitrogen and oxygen atoms in total. The van der Waals surface area contributed by atoms with E-state index in [0.717, 1.165) is 18.5 Å². The van der Waals surface area contributed by atoms with Crippen LogP contribution in [0.25, 0.3) is 11.3 Å². The number of benzene rings is 2. The van der Waals surface area contributed by atoms with Crippen LogP contribution in [0.2, 0.25) is 0 Å². The number of fused-ring (bicyclic) bond motifs is 1. The van der Waals surface area contributed by atoms with E-state index < -0.39 is 5.97 Å². The summed E-state index contributed by atoms with van der Waals surface area (Å²) in [7, 11) is 0. The maximum absolute atomic E-state index is 13.1. The maximum atomic E-state index is 13.1. The van der Waals surface area contributed by atoms with E-state index in [2.05, 4.69) is 35.3 Å². The SMILES string of the molecule is CC1=NN(c2ccc3c(c2)C(C)(C)CC3)C(=O)C1=NCNc1cccc(-c2ccc(C(=O)O)o2)c1O. The fourth-order valence-corrected chi connectivity index (χ4v) is 4.67. The second kappa shape index (κ2) is 8.67. The van der Waals surface area contributed by atoms with Gasteiger partial charge in [0.1, 0.15) is 23.9 Å². The van der Waals surface area contributed by atoms with E-state index >= 15 is 0 Å². The highest BCUT2D eigenvalue weighted by molar-refractivity contribution is 6.71. The summed E-state index contributed by atoms with van der Waals surface area (Å²) >= 11 is 0. The number of aryl methyl sites for hydroxylation is 1. The Kier molecular flexibility index (Phi) is 5.62. The minimum atomic E-state index is -1.19. The average Bonchev–Trinajstić information content (AvgIpc) is 3.52. The van der Waals surface area contributed by atoms with Gasteiger partial charge in [-0.05, 0) is 72.7 Å². The van der Waals surface area contributed by atoms with Crippen molar-refractivity contribution in [2.45, 2.75) is 39.0 Å². The van der Waals surface area contributed by atoms with Gasteiger partial charge in [-0.1, -0.05) is 26.0 Å². The van der Waals surface area contributed by atoms with Crippen LogP contribution in [0, 0.1) is 0 Å². The number of aliphatic imine (C=N–C) groups is 1. The number of rotatable bonds is 6. The highest BCUT2D eigenvalue weighted by Crippen LogP contribution is 2.40. The number of hydrogen-bond donors (Lipinski definition) is 3. The Hall–Kier alpha value is -4.40. The van der Waals surface area contributed by atoms with Crippen LogP contribution in [0.4, 0.5) is 11.4 Å². The van der Waals surface area contributed by atoms with Gasteiger partial charge in [0.25, 0.3) is 5.91 Å². The summed E-state index contributed by atoms with van der Waals surface area (Å²) < 4.78 is 5.29. The first-order valence-corrected chi connectivity index (χ1v) is 11.6. The van der Waals surface area contributed by atoms with Crippen molar-refractivity contribution < 1.29 is 24.2 Å². The van der Waals surface area contributed by atoms with E-state index in [1.807, 2.05) is 12.1 Å². The smallest absolute Gasteiger partial charge is 0.371 e. The lowest BCUT2D eigenvalue weighted by molar-refractivity contribution is -0.112. The van der Waals surface area contributed by atoms with Gasteiger partial charge in [-0.15, -0.1) is 0 Å². The summed E-state index contributed by atoms with van der Waals surface area (Å²) in [6.07, 6.45) is 2.11. The van der Waals surface area contributed by atoms with Crippen LogP contribution >= 0.6 is 0 Å². The van der Waals surface area contributed by atoms with E-state index in [9.17, 15) is 14.7 Å². The molecule has 2 heterocycles. The fraction of sp³-hybridized carbons (Fsp3) is 0.259. The van der Waals surface area contributed by atoms with Crippen LogP contribution in [-0.4, -0.2) is 40.2 Å². The van der Waals surface area contributed by atoms with Crippen molar-refractivity contribution in [2.75, 3.05) is 17.0 Å². The molecule has 2 aliphatic rings. The average molecular weight is 487 g/mol. The molecule has 0 saturated carbocycles. The van der Waals surface area contributed by atoms with Gasteiger partial charge in [-0.25, -0.2) is 4.79 Å². The fourth-order valence-electron chi connectivity index (χ4n) is 4.67. The number of anilines is 2. The first kappa shape index (κ1) is 23.3. The number of phenols is 1. The monoisotopic (exact) mass is 486 g/mol. The topological polar surface area (TPSA) is 128 Å². The number of carbonyl (C=O) groups excluding carboxylic acids is 1. The zero-order chi connectivity index (χ0) is 25.6. The van der Waals surface area contributed by atoms with Gasteiger partial charge < -0.3 is 19.9 Å². The Morgan fingerprint density at radius 3 is 2.78 bits per heavy atom. The molecule has 5 rings (SSSR count). The number of aromatic hydroxyl groups is 1. The van der Waals surface area contributed by atoms with Gasteiger partial charge in [-0.2, -0.15) is 10.1 Å². The van der Waals surface area contributed by atoms with Gasteiger partial charge in [0.2, 0.25) is 5.76 Å². The van der Waals surface area contributed by atoms with Crippen LogP contribution in [0.5, 0.6) is 5.75 Å². The Balaban J connectivity index is 1.32.